The highest BCUT2D eigenvalue weighted by molar-refractivity contribution is 14.1. The van der Waals surface area contributed by atoms with Crippen LogP contribution in [-0.2, 0) is 8.67 Å². The van der Waals surface area contributed by atoms with Crippen LogP contribution in [0.4, 0.5) is 0 Å². The Labute approximate surface area is 196 Å². The number of hydrogen-bond acceptors (Lipinski definition) is 3. The number of fused-ring (bicyclic) bond motifs is 1. The van der Waals surface area contributed by atoms with Gasteiger partial charge in [-0.2, -0.15) is 0 Å². The average molecular weight is 524 g/mol. The number of pyridine rings is 1. The summed E-state index contributed by atoms with van der Waals surface area (Å²) in [5, 5.41) is 1.00. The first-order valence-corrected chi connectivity index (χ1v) is 11.1. The first kappa shape index (κ1) is 21.7. The fourth-order valence-electron chi connectivity index (χ4n) is 4.03. The number of H-pyrrole nitrogens is 1. The van der Waals surface area contributed by atoms with Gasteiger partial charge in [-0.3, -0.25) is 7.86 Å². The summed E-state index contributed by atoms with van der Waals surface area (Å²) >= 11 is 2.03. The summed E-state index contributed by atoms with van der Waals surface area (Å²) in [4.78, 5) is 17.5. The zero-order valence-corrected chi connectivity index (χ0v) is 19.8. The van der Waals surface area contributed by atoms with E-state index >= 15 is 0 Å². The minimum absolute atomic E-state index is 0.105. The number of halogens is 1. The van der Waals surface area contributed by atoms with Crippen molar-refractivity contribution >= 4 is 33.9 Å². The quantitative estimate of drug-likeness (QED) is 0.313. The van der Waals surface area contributed by atoms with Gasteiger partial charge in [-0.15, -0.1) is 0 Å². The van der Waals surface area contributed by atoms with E-state index in [0.29, 0.717) is 0 Å². The van der Waals surface area contributed by atoms with Gasteiger partial charge in [0.1, 0.15) is 28.6 Å². The molecule has 158 valence electrons. The third kappa shape index (κ3) is 4.44. The maximum absolute atomic E-state index is 12.3. The predicted octanol–water partition coefficient (Wildman–Crippen LogP) is 5.76. The van der Waals surface area contributed by atoms with Crippen LogP contribution in [0.3, 0.4) is 0 Å². The molecular weight excluding hydrogens is 499 g/mol. The molecule has 3 aromatic carbocycles. The molecule has 4 rings (SSSR count). The highest BCUT2D eigenvalue weighted by Gasteiger charge is 2.35. The summed E-state index contributed by atoms with van der Waals surface area (Å²) in [7, 11) is 4.14. The second-order valence-electron chi connectivity index (χ2n) is 8.00. The van der Waals surface area contributed by atoms with Gasteiger partial charge in [0.05, 0.1) is 0 Å². The third-order valence-electron chi connectivity index (χ3n) is 5.68. The number of rotatable bonds is 7. The van der Waals surface area contributed by atoms with Gasteiger partial charge in [0.2, 0.25) is 5.56 Å². The molecule has 0 saturated carbocycles. The van der Waals surface area contributed by atoms with E-state index in [1.165, 1.54) is 0 Å². The SMILES string of the molecule is CN(C)CCC(OI)(c1ccccc1)c1ccc2[nH]c(=O)cc(-c3ccccc3)c2c1. The van der Waals surface area contributed by atoms with Gasteiger partial charge in [0.15, 0.2) is 0 Å². The Balaban J connectivity index is 1.96. The maximum atomic E-state index is 12.3. The molecule has 0 radical (unpaired) electrons. The highest BCUT2D eigenvalue weighted by atomic mass is 127. The van der Waals surface area contributed by atoms with Crippen LogP contribution in [0.5, 0.6) is 0 Å². The van der Waals surface area contributed by atoms with Gasteiger partial charge in [-0.25, -0.2) is 0 Å². The van der Waals surface area contributed by atoms with Crippen molar-refractivity contribution in [3.63, 3.8) is 0 Å². The van der Waals surface area contributed by atoms with Gasteiger partial charge in [-0.05, 0) is 54.9 Å². The van der Waals surface area contributed by atoms with Crippen LogP contribution in [0.25, 0.3) is 22.0 Å². The lowest BCUT2D eigenvalue weighted by atomic mass is 9.82. The van der Waals surface area contributed by atoms with E-state index in [0.717, 1.165) is 46.1 Å². The molecule has 0 spiro atoms. The standard InChI is InChI=1S/C26H25IN2O2/c1-29(2)16-15-26(31-27,20-11-7-4-8-12-20)21-13-14-24-23(17-21)22(18-25(30)28-24)19-9-5-3-6-10-19/h3-14,17-18H,15-16H2,1-2H3,(H,28,30). The second kappa shape index (κ2) is 9.34. The number of nitrogens with one attached hydrogen (secondary N) is 1. The van der Waals surface area contributed by atoms with Crippen LogP contribution in [-0.4, -0.2) is 30.5 Å². The lowest BCUT2D eigenvalue weighted by molar-refractivity contribution is 0.148. The van der Waals surface area contributed by atoms with E-state index in [-0.39, 0.29) is 5.56 Å². The van der Waals surface area contributed by atoms with Gasteiger partial charge >= 0.3 is 0 Å². The Morgan fingerprint density at radius 1 is 0.903 bits per heavy atom. The predicted molar refractivity (Wildman–Crippen MR) is 136 cm³/mol. The highest BCUT2D eigenvalue weighted by Crippen LogP contribution is 2.41. The van der Waals surface area contributed by atoms with Crippen LogP contribution in [0.2, 0.25) is 0 Å². The molecule has 4 nitrogen and oxygen atoms in total. The molecule has 1 atom stereocenters. The van der Waals surface area contributed by atoms with Gasteiger partial charge < -0.3 is 9.88 Å². The Bertz CT molecular complexity index is 1220. The maximum Gasteiger partial charge on any atom is 0.249 e. The first-order chi connectivity index (χ1) is 15.0. The van der Waals surface area contributed by atoms with Gasteiger partial charge in [-0.1, -0.05) is 66.7 Å². The molecule has 1 unspecified atom stereocenters. The fraction of sp³-hybridized carbons (Fsp3) is 0.192. The monoisotopic (exact) mass is 524 g/mol. The van der Waals surface area contributed by atoms with E-state index < -0.39 is 5.60 Å². The molecule has 0 aliphatic rings. The number of hydrogen-bond donors (Lipinski definition) is 1. The number of nitrogens with zero attached hydrogens (tertiary/aromatic N) is 1. The molecule has 0 bridgehead atoms. The van der Waals surface area contributed by atoms with E-state index in [2.05, 4.69) is 48.2 Å². The minimum Gasteiger partial charge on any atom is -0.322 e. The van der Waals surface area contributed by atoms with Crippen LogP contribution in [0, 0.1) is 0 Å². The van der Waals surface area contributed by atoms with Crippen molar-refractivity contribution in [3.8, 4) is 11.1 Å². The Morgan fingerprint density at radius 2 is 1.58 bits per heavy atom. The van der Waals surface area contributed by atoms with E-state index in [9.17, 15) is 4.79 Å². The van der Waals surface area contributed by atoms with E-state index in [1.807, 2.05) is 77.6 Å². The summed E-state index contributed by atoms with van der Waals surface area (Å²) < 4.78 is 6.25. The smallest absolute Gasteiger partial charge is 0.249 e. The summed E-state index contributed by atoms with van der Waals surface area (Å²) in [6, 6.07) is 28.3. The Morgan fingerprint density at radius 3 is 2.23 bits per heavy atom. The number of benzene rings is 3. The summed E-state index contributed by atoms with van der Waals surface area (Å²) in [6.45, 7) is 0.868. The van der Waals surface area contributed by atoms with Crippen LogP contribution >= 0.6 is 23.0 Å². The topological polar surface area (TPSA) is 45.3 Å². The molecule has 0 aliphatic heterocycles. The zero-order chi connectivity index (χ0) is 21.8. The second-order valence-corrected chi connectivity index (χ2v) is 8.44. The molecule has 4 aromatic rings. The number of aromatic amines is 1. The van der Waals surface area contributed by atoms with E-state index in [4.69, 9.17) is 3.07 Å². The first-order valence-electron chi connectivity index (χ1n) is 10.3. The molecule has 0 saturated heterocycles. The molecule has 0 aliphatic carbocycles. The number of aromatic nitrogens is 1. The summed E-state index contributed by atoms with van der Waals surface area (Å²) in [5.74, 6) is 0. The van der Waals surface area contributed by atoms with Crippen LogP contribution in [0.15, 0.2) is 89.7 Å². The Hall–Kier alpha value is -2.48. The largest absolute Gasteiger partial charge is 0.322 e. The fourth-order valence-corrected chi connectivity index (χ4v) is 4.76. The van der Waals surface area contributed by atoms with Crippen molar-refractivity contribution < 1.29 is 3.07 Å². The molecule has 5 heteroatoms. The molecule has 0 amide bonds. The van der Waals surface area contributed by atoms with Gasteiger partial charge in [0.25, 0.3) is 0 Å². The normalized spacial score (nSPS) is 13.4. The van der Waals surface area contributed by atoms with Crippen molar-refractivity contribution in [2.75, 3.05) is 20.6 Å². The third-order valence-corrected chi connectivity index (χ3v) is 6.43. The van der Waals surface area contributed by atoms with Gasteiger partial charge in [0, 0.05) is 23.5 Å². The zero-order valence-electron chi connectivity index (χ0n) is 17.6. The Kier molecular flexibility index (Phi) is 6.55. The molecule has 1 aromatic heterocycles. The van der Waals surface area contributed by atoms with Crippen molar-refractivity contribution in [2.24, 2.45) is 0 Å². The molecule has 1 heterocycles. The average Bonchev–Trinajstić information content (AvgIpc) is 2.80. The van der Waals surface area contributed by atoms with Crippen LogP contribution < -0.4 is 5.56 Å². The lowest BCUT2D eigenvalue weighted by Crippen LogP contribution is -2.32. The summed E-state index contributed by atoms with van der Waals surface area (Å²) in [5.41, 5.74) is 4.21. The van der Waals surface area contributed by atoms with Crippen LogP contribution in [0.1, 0.15) is 17.5 Å². The summed E-state index contributed by atoms with van der Waals surface area (Å²) in [6.07, 6.45) is 0.794. The molecular formula is C26H25IN2O2. The van der Waals surface area contributed by atoms with E-state index in [1.54, 1.807) is 6.07 Å². The van der Waals surface area contributed by atoms with Crippen molar-refractivity contribution in [3.05, 3.63) is 106 Å². The van der Waals surface area contributed by atoms with Crippen molar-refractivity contribution in [1.82, 2.24) is 9.88 Å². The molecule has 1 N–H and O–H groups in total. The minimum atomic E-state index is -0.607. The van der Waals surface area contributed by atoms with Crippen molar-refractivity contribution in [1.29, 1.82) is 0 Å². The lowest BCUT2D eigenvalue weighted by Gasteiger charge is -2.33. The molecule has 31 heavy (non-hydrogen) atoms. The molecule has 0 fully saturated rings. The van der Waals surface area contributed by atoms with Crippen molar-refractivity contribution in [2.45, 2.75) is 12.0 Å².